The minimum Gasteiger partial charge on any atom is -0.380 e. The number of hydrogen-bond donors (Lipinski definition) is 1. The number of ether oxygens (including phenoxy) is 1. The Morgan fingerprint density at radius 2 is 2.24 bits per heavy atom. The lowest BCUT2D eigenvalue weighted by molar-refractivity contribution is 0.0645. The number of rotatable bonds is 8. The number of methoxy groups -OCH3 is 1. The van der Waals surface area contributed by atoms with Crippen molar-refractivity contribution in [1.82, 2.24) is 14.9 Å². The molecule has 0 bridgehead atoms. The normalized spacial score (nSPS) is 14.8. The second kappa shape index (κ2) is 7.45. The van der Waals surface area contributed by atoms with E-state index in [-0.39, 0.29) is 6.10 Å². The van der Waals surface area contributed by atoms with E-state index in [0.29, 0.717) is 6.04 Å². The largest absolute Gasteiger partial charge is 0.380 e. The van der Waals surface area contributed by atoms with Gasteiger partial charge in [0.1, 0.15) is 5.82 Å². The SMILES string of the molecule is CCCNC(Cc1nccn1C)C(CC)OC. The van der Waals surface area contributed by atoms with Gasteiger partial charge in [0.05, 0.1) is 6.10 Å². The van der Waals surface area contributed by atoms with Gasteiger partial charge in [-0.3, -0.25) is 0 Å². The summed E-state index contributed by atoms with van der Waals surface area (Å²) in [5, 5.41) is 3.56. The van der Waals surface area contributed by atoms with Crippen molar-refractivity contribution in [2.24, 2.45) is 7.05 Å². The van der Waals surface area contributed by atoms with Crippen LogP contribution in [0.5, 0.6) is 0 Å². The Balaban J connectivity index is 2.65. The van der Waals surface area contributed by atoms with Gasteiger partial charge in [0.25, 0.3) is 0 Å². The molecule has 4 heteroatoms. The van der Waals surface area contributed by atoms with Crippen molar-refractivity contribution in [3.8, 4) is 0 Å². The maximum atomic E-state index is 5.55. The van der Waals surface area contributed by atoms with E-state index in [0.717, 1.165) is 31.6 Å². The standard InChI is InChI=1S/C13H25N3O/c1-5-7-14-11(12(6-2)17-4)10-13-15-8-9-16(13)3/h8-9,11-12,14H,5-7,10H2,1-4H3. The zero-order chi connectivity index (χ0) is 12.7. The summed E-state index contributed by atoms with van der Waals surface area (Å²) in [6.45, 7) is 5.36. The molecule has 2 unspecified atom stereocenters. The average molecular weight is 239 g/mol. The molecule has 0 spiro atoms. The number of imidazole rings is 1. The molecule has 1 aromatic rings. The average Bonchev–Trinajstić information content (AvgIpc) is 2.73. The molecule has 0 saturated heterocycles. The van der Waals surface area contributed by atoms with Crippen LogP contribution in [0.25, 0.3) is 0 Å². The first-order valence-corrected chi connectivity index (χ1v) is 6.45. The van der Waals surface area contributed by atoms with E-state index in [1.807, 2.05) is 19.4 Å². The fourth-order valence-electron chi connectivity index (χ4n) is 2.07. The Morgan fingerprint density at radius 3 is 2.71 bits per heavy atom. The second-order valence-corrected chi connectivity index (χ2v) is 4.40. The molecule has 0 aliphatic rings. The van der Waals surface area contributed by atoms with Crippen molar-refractivity contribution in [2.75, 3.05) is 13.7 Å². The van der Waals surface area contributed by atoms with E-state index in [9.17, 15) is 0 Å². The molecule has 0 aliphatic heterocycles. The number of nitrogens with zero attached hydrogens (tertiary/aromatic N) is 2. The molecule has 1 rings (SSSR count). The highest BCUT2D eigenvalue weighted by Gasteiger charge is 2.20. The quantitative estimate of drug-likeness (QED) is 0.751. The van der Waals surface area contributed by atoms with Crippen LogP contribution in [0, 0.1) is 0 Å². The Labute approximate surface area is 104 Å². The van der Waals surface area contributed by atoms with E-state index < -0.39 is 0 Å². The van der Waals surface area contributed by atoms with Gasteiger partial charge in [0, 0.05) is 39.0 Å². The molecule has 2 atom stereocenters. The molecule has 4 nitrogen and oxygen atoms in total. The van der Waals surface area contributed by atoms with Gasteiger partial charge in [-0.05, 0) is 19.4 Å². The lowest BCUT2D eigenvalue weighted by Crippen LogP contribution is -2.43. The second-order valence-electron chi connectivity index (χ2n) is 4.40. The first-order valence-electron chi connectivity index (χ1n) is 6.45. The summed E-state index contributed by atoms with van der Waals surface area (Å²) in [7, 11) is 3.82. The third kappa shape index (κ3) is 4.13. The van der Waals surface area contributed by atoms with Crippen LogP contribution in [0.4, 0.5) is 0 Å². The van der Waals surface area contributed by atoms with Crippen molar-refractivity contribution in [1.29, 1.82) is 0 Å². The maximum Gasteiger partial charge on any atom is 0.110 e. The topological polar surface area (TPSA) is 39.1 Å². The van der Waals surface area contributed by atoms with Crippen molar-refractivity contribution in [3.63, 3.8) is 0 Å². The van der Waals surface area contributed by atoms with Crippen LogP contribution in [0.2, 0.25) is 0 Å². The number of aromatic nitrogens is 2. The molecule has 1 aromatic heterocycles. The van der Waals surface area contributed by atoms with E-state index in [4.69, 9.17) is 4.74 Å². The van der Waals surface area contributed by atoms with E-state index >= 15 is 0 Å². The zero-order valence-corrected chi connectivity index (χ0v) is 11.4. The van der Waals surface area contributed by atoms with E-state index in [2.05, 4.69) is 28.7 Å². The lowest BCUT2D eigenvalue weighted by atomic mass is 10.0. The van der Waals surface area contributed by atoms with Crippen LogP contribution in [0.1, 0.15) is 32.5 Å². The first-order chi connectivity index (χ1) is 8.22. The zero-order valence-electron chi connectivity index (χ0n) is 11.4. The molecule has 0 aromatic carbocycles. The monoisotopic (exact) mass is 239 g/mol. The number of hydrogen-bond acceptors (Lipinski definition) is 3. The molecule has 17 heavy (non-hydrogen) atoms. The highest BCUT2D eigenvalue weighted by atomic mass is 16.5. The van der Waals surface area contributed by atoms with E-state index in [1.54, 1.807) is 7.11 Å². The summed E-state index contributed by atoms with van der Waals surface area (Å²) >= 11 is 0. The summed E-state index contributed by atoms with van der Waals surface area (Å²) in [5.74, 6) is 1.11. The van der Waals surface area contributed by atoms with Crippen molar-refractivity contribution >= 4 is 0 Å². The van der Waals surface area contributed by atoms with Crippen LogP contribution in [0.15, 0.2) is 12.4 Å². The molecule has 0 saturated carbocycles. The third-order valence-electron chi connectivity index (χ3n) is 3.13. The lowest BCUT2D eigenvalue weighted by Gasteiger charge is -2.26. The first kappa shape index (κ1) is 14.2. The van der Waals surface area contributed by atoms with Crippen LogP contribution in [0.3, 0.4) is 0 Å². The van der Waals surface area contributed by atoms with E-state index in [1.165, 1.54) is 0 Å². The Bertz CT molecular complexity index is 307. The fourth-order valence-corrected chi connectivity index (χ4v) is 2.07. The van der Waals surface area contributed by atoms with Crippen molar-refractivity contribution < 1.29 is 4.74 Å². The van der Waals surface area contributed by atoms with Gasteiger partial charge in [-0.2, -0.15) is 0 Å². The van der Waals surface area contributed by atoms with Gasteiger partial charge >= 0.3 is 0 Å². The molecule has 0 amide bonds. The van der Waals surface area contributed by atoms with Crippen molar-refractivity contribution in [3.05, 3.63) is 18.2 Å². The van der Waals surface area contributed by atoms with Gasteiger partial charge < -0.3 is 14.6 Å². The van der Waals surface area contributed by atoms with Crippen molar-refractivity contribution in [2.45, 2.75) is 45.3 Å². The minimum atomic E-state index is 0.248. The molecule has 1 heterocycles. The molecule has 1 N–H and O–H groups in total. The number of nitrogens with one attached hydrogen (secondary N) is 1. The summed E-state index contributed by atoms with van der Waals surface area (Å²) in [4.78, 5) is 4.38. The molecular weight excluding hydrogens is 214 g/mol. The molecule has 0 aliphatic carbocycles. The minimum absolute atomic E-state index is 0.248. The smallest absolute Gasteiger partial charge is 0.110 e. The van der Waals surface area contributed by atoms with Crippen LogP contribution in [-0.2, 0) is 18.2 Å². The summed E-state index contributed by atoms with van der Waals surface area (Å²) in [6.07, 6.45) is 7.15. The van der Waals surface area contributed by atoms with Crippen LogP contribution >= 0.6 is 0 Å². The van der Waals surface area contributed by atoms with Gasteiger partial charge in [-0.25, -0.2) is 4.98 Å². The summed E-state index contributed by atoms with van der Waals surface area (Å²) in [6, 6.07) is 0.339. The van der Waals surface area contributed by atoms with Gasteiger partial charge in [-0.1, -0.05) is 13.8 Å². The van der Waals surface area contributed by atoms with Gasteiger partial charge in [0.2, 0.25) is 0 Å². The molecule has 98 valence electrons. The van der Waals surface area contributed by atoms with Gasteiger partial charge in [-0.15, -0.1) is 0 Å². The molecular formula is C13H25N3O. The third-order valence-corrected chi connectivity index (χ3v) is 3.13. The van der Waals surface area contributed by atoms with Crippen LogP contribution in [-0.4, -0.2) is 35.4 Å². The summed E-state index contributed by atoms with van der Waals surface area (Å²) in [5.41, 5.74) is 0. The Hall–Kier alpha value is -0.870. The number of aryl methyl sites for hydroxylation is 1. The highest BCUT2D eigenvalue weighted by molar-refractivity contribution is 4.96. The van der Waals surface area contributed by atoms with Crippen LogP contribution < -0.4 is 5.32 Å². The Kier molecular flexibility index (Phi) is 6.22. The maximum absolute atomic E-state index is 5.55. The predicted molar refractivity (Wildman–Crippen MR) is 70.1 cm³/mol. The highest BCUT2D eigenvalue weighted by Crippen LogP contribution is 2.09. The molecule has 0 radical (unpaired) electrons. The summed E-state index contributed by atoms with van der Waals surface area (Å²) < 4.78 is 7.62. The fraction of sp³-hybridized carbons (Fsp3) is 0.769. The van der Waals surface area contributed by atoms with Gasteiger partial charge in [0.15, 0.2) is 0 Å². The Morgan fingerprint density at radius 1 is 1.47 bits per heavy atom. The molecule has 0 fully saturated rings. The predicted octanol–water partition coefficient (Wildman–Crippen LogP) is 1.76.